The number of nitrogens with one attached hydrogen (secondary N) is 1. The van der Waals surface area contributed by atoms with Crippen molar-refractivity contribution in [2.75, 3.05) is 11.4 Å². The molecule has 0 saturated heterocycles. The molecule has 2 aromatic rings. The summed E-state index contributed by atoms with van der Waals surface area (Å²) < 4.78 is 14.7. The molecule has 0 saturated carbocycles. The Morgan fingerprint density at radius 1 is 1.43 bits per heavy atom. The molecule has 0 unspecified atom stereocenters. The van der Waals surface area contributed by atoms with Crippen LogP contribution in [0, 0.1) is 5.82 Å². The molecule has 0 atom stereocenters. The summed E-state index contributed by atoms with van der Waals surface area (Å²) >= 11 is 5.89. The third-order valence-electron chi connectivity index (χ3n) is 4.79. The summed E-state index contributed by atoms with van der Waals surface area (Å²) in [4.78, 5) is 18.1. The molecule has 0 spiro atoms. The van der Waals surface area contributed by atoms with Gasteiger partial charge in [-0.2, -0.15) is 5.10 Å². The summed E-state index contributed by atoms with van der Waals surface area (Å²) in [7, 11) is 0. The number of likely N-dealkylation sites (N-methyl/N-ethyl adjacent to an activating group) is 1. The first kappa shape index (κ1) is 20.0. The maximum absolute atomic E-state index is 14.7. The van der Waals surface area contributed by atoms with Crippen LogP contribution in [0.4, 0.5) is 10.1 Å². The fourth-order valence-electron chi connectivity index (χ4n) is 3.57. The van der Waals surface area contributed by atoms with Crippen molar-refractivity contribution in [3.63, 3.8) is 0 Å². The van der Waals surface area contributed by atoms with Crippen molar-refractivity contribution >= 4 is 35.0 Å². The van der Waals surface area contributed by atoms with Gasteiger partial charge in [0.05, 0.1) is 17.3 Å². The maximum Gasteiger partial charge on any atom is 0.274 e. The van der Waals surface area contributed by atoms with E-state index in [4.69, 9.17) is 11.6 Å². The lowest BCUT2D eigenvalue weighted by molar-refractivity contribution is 0.0955. The number of rotatable bonds is 4. The van der Waals surface area contributed by atoms with Gasteiger partial charge in [0, 0.05) is 29.6 Å². The molecule has 28 heavy (non-hydrogen) atoms. The molecular weight excluding hydrogens is 379 g/mol. The lowest BCUT2D eigenvalue weighted by atomic mass is 9.88. The maximum atomic E-state index is 14.7. The topological polar surface area (TPSA) is 57.6 Å². The number of nitrogens with zero attached hydrogens (tertiary/aromatic N) is 3. The van der Waals surface area contributed by atoms with Crippen LogP contribution in [0.5, 0.6) is 0 Å². The number of fused-ring (bicyclic) bond motifs is 1. The van der Waals surface area contributed by atoms with E-state index in [1.54, 1.807) is 12.1 Å². The average Bonchev–Trinajstić information content (AvgIpc) is 2.62. The highest BCUT2D eigenvalue weighted by molar-refractivity contribution is 6.32. The number of benzene rings is 1. The van der Waals surface area contributed by atoms with Gasteiger partial charge in [-0.3, -0.25) is 4.79 Å². The van der Waals surface area contributed by atoms with E-state index in [0.29, 0.717) is 5.56 Å². The highest BCUT2D eigenvalue weighted by atomic mass is 35.5. The second kappa shape index (κ2) is 7.72. The van der Waals surface area contributed by atoms with Crippen LogP contribution >= 0.6 is 11.6 Å². The SMILES string of the molecule is CCN1c2cc(F)c(/C=N\NC(=O)c3cccnc3Cl)cc2C(C)=CC1(C)C. The predicted octanol–water partition coefficient (Wildman–Crippen LogP) is 4.66. The van der Waals surface area contributed by atoms with Crippen LogP contribution in [-0.4, -0.2) is 29.2 Å². The first-order chi connectivity index (χ1) is 13.2. The Kier molecular flexibility index (Phi) is 5.52. The van der Waals surface area contributed by atoms with Crippen LogP contribution < -0.4 is 10.3 Å². The summed E-state index contributed by atoms with van der Waals surface area (Å²) in [6.45, 7) is 9.04. The highest BCUT2D eigenvalue weighted by Crippen LogP contribution is 2.39. The molecule has 0 radical (unpaired) electrons. The Morgan fingerprint density at radius 2 is 2.18 bits per heavy atom. The molecule has 0 fully saturated rings. The van der Waals surface area contributed by atoms with Crippen molar-refractivity contribution < 1.29 is 9.18 Å². The third-order valence-corrected chi connectivity index (χ3v) is 5.09. The van der Waals surface area contributed by atoms with Crippen LogP contribution in [0.15, 0.2) is 41.6 Å². The van der Waals surface area contributed by atoms with E-state index >= 15 is 0 Å². The van der Waals surface area contributed by atoms with Gasteiger partial charge in [0.1, 0.15) is 11.0 Å². The van der Waals surface area contributed by atoms with Gasteiger partial charge in [-0.25, -0.2) is 14.8 Å². The standard InChI is InChI=1S/C21H22ClFN4O/c1-5-27-18-10-17(23)14(9-16(18)13(2)11-21(27,3)4)12-25-26-20(28)15-7-6-8-24-19(15)22/h6-12H,5H2,1-4H3,(H,26,28)/b25-12-. The van der Waals surface area contributed by atoms with E-state index in [1.165, 1.54) is 24.5 Å². The quantitative estimate of drug-likeness (QED) is 0.461. The van der Waals surface area contributed by atoms with Crippen molar-refractivity contribution in [2.24, 2.45) is 5.10 Å². The van der Waals surface area contributed by atoms with E-state index in [1.807, 2.05) is 13.8 Å². The molecule has 5 nitrogen and oxygen atoms in total. The minimum atomic E-state index is -0.511. The smallest absolute Gasteiger partial charge is 0.274 e. The van der Waals surface area contributed by atoms with Crippen LogP contribution in [0.25, 0.3) is 5.57 Å². The normalized spacial score (nSPS) is 15.4. The number of carbonyl (C=O) groups is 1. The van der Waals surface area contributed by atoms with E-state index < -0.39 is 11.7 Å². The summed E-state index contributed by atoms with van der Waals surface area (Å²) in [5.74, 6) is -0.914. The van der Waals surface area contributed by atoms with Gasteiger partial charge >= 0.3 is 0 Å². The van der Waals surface area contributed by atoms with Crippen molar-refractivity contribution in [1.29, 1.82) is 0 Å². The summed E-state index contributed by atoms with van der Waals surface area (Å²) in [5.41, 5.74) is 5.54. The molecule has 1 N–H and O–H groups in total. The number of allylic oxidation sites excluding steroid dienone is 1. The van der Waals surface area contributed by atoms with Gasteiger partial charge in [-0.15, -0.1) is 0 Å². The molecule has 1 aromatic carbocycles. The molecule has 1 aromatic heterocycles. The molecule has 3 rings (SSSR count). The number of hydrazone groups is 1. The van der Waals surface area contributed by atoms with E-state index in [0.717, 1.165) is 23.4 Å². The predicted molar refractivity (Wildman–Crippen MR) is 111 cm³/mol. The van der Waals surface area contributed by atoms with Gasteiger partial charge in [-0.05, 0) is 57.5 Å². The zero-order chi connectivity index (χ0) is 20.5. The molecule has 1 amide bonds. The Hall–Kier alpha value is -2.73. The molecule has 1 aliphatic heterocycles. The Morgan fingerprint density at radius 3 is 2.86 bits per heavy atom. The number of hydrogen-bond donors (Lipinski definition) is 1. The molecule has 146 valence electrons. The molecule has 0 aliphatic carbocycles. The van der Waals surface area contributed by atoms with E-state index in [9.17, 15) is 9.18 Å². The number of anilines is 1. The van der Waals surface area contributed by atoms with Crippen molar-refractivity contribution in [3.05, 3.63) is 64.2 Å². The number of aromatic nitrogens is 1. The number of hydrogen-bond acceptors (Lipinski definition) is 4. The van der Waals surface area contributed by atoms with Crippen LogP contribution in [0.3, 0.4) is 0 Å². The molecule has 1 aliphatic rings. The zero-order valence-electron chi connectivity index (χ0n) is 16.3. The van der Waals surface area contributed by atoms with Crippen LogP contribution in [-0.2, 0) is 0 Å². The fourth-order valence-corrected chi connectivity index (χ4v) is 3.77. The summed E-state index contributed by atoms with van der Waals surface area (Å²) in [6.07, 6.45) is 4.95. The zero-order valence-corrected chi connectivity index (χ0v) is 17.0. The molecule has 2 heterocycles. The Bertz CT molecular complexity index is 984. The lowest BCUT2D eigenvalue weighted by Gasteiger charge is -2.42. The molecule has 0 bridgehead atoms. The largest absolute Gasteiger partial charge is 0.363 e. The minimum absolute atomic E-state index is 0.0817. The van der Waals surface area contributed by atoms with E-state index in [2.05, 4.69) is 40.3 Å². The monoisotopic (exact) mass is 400 g/mol. The average molecular weight is 401 g/mol. The molecule has 7 heteroatoms. The lowest BCUT2D eigenvalue weighted by Crippen LogP contribution is -2.45. The van der Waals surface area contributed by atoms with Gasteiger partial charge < -0.3 is 4.90 Å². The Labute approximate surface area is 168 Å². The second-order valence-electron chi connectivity index (χ2n) is 7.16. The van der Waals surface area contributed by atoms with Crippen molar-refractivity contribution in [1.82, 2.24) is 10.4 Å². The van der Waals surface area contributed by atoms with Gasteiger partial charge in [-0.1, -0.05) is 17.7 Å². The fraction of sp³-hybridized carbons (Fsp3) is 0.286. The van der Waals surface area contributed by atoms with Gasteiger partial charge in [0.25, 0.3) is 5.91 Å². The number of carbonyl (C=O) groups excluding carboxylic acids is 1. The number of amides is 1. The highest BCUT2D eigenvalue weighted by Gasteiger charge is 2.30. The van der Waals surface area contributed by atoms with Gasteiger partial charge in [0.15, 0.2) is 0 Å². The first-order valence-electron chi connectivity index (χ1n) is 8.99. The first-order valence-corrected chi connectivity index (χ1v) is 9.37. The number of pyridine rings is 1. The third kappa shape index (κ3) is 3.78. The number of halogens is 2. The van der Waals surface area contributed by atoms with E-state index in [-0.39, 0.29) is 16.3 Å². The minimum Gasteiger partial charge on any atom is -0.363 e. The van der Waals surface area contributed by atoms with Crippen molar-refractivity contribution in [3.8, 4) is 0 Å². The Balaban J connectivity index is 1.87. The van der Waals surface area contributed by atoms with Crippen molar-refractivity contribution in [2.45, 2.75) is 33.2 Å². The summed E-state index contributed by atoms with van der Waals surface area (Å²) in [5, 5.41) is 3.96. The van der Waals surface area contributed by atoms with Crippen LogP contribution in [0.2, 0.25) is 5.15 Å². The summed E-state index contributed by atoms with van der Waals surface area (Å²) in [6, 6.07) is 6.41. The molecular formula is C21H22ClFN4O. The van der Waals surface area contributed by atoms with Gasteiger partial charge in [0.2, 0.25) is 0 Å². The van der Waals surface area contributed by atoms with Crippen LogP contribution in [0.1, 0.15) is 49.2 Å². The second-order valence-corrected chi connectivity index (χ2v) is 7.52.